The maximum atomic E-state index is 13.1. The molecule has 1 fully saturated rings. The van der Waals surface area contributed by atoms with Gasteiger partial charge in [0.25, 0.3) is 11.7 Å². The lowest BCUT2D eigenvalue weighted by molar-refractivity contribution is -0.140. The van der Waals surface area contributed by atoms with Crippen molar-refractivity contribution in [1.82, 2.24) is 9.80 Å². The Morgan fingerprint density at radius 2 is 1.75 bits per heavy atom. The van der Waals surface area contributed by atoms with Gasteiger partial charge in [-0.2, -0.15) is 0 Å². The van der Waals surface area contributed by atoms with E-state index in [9.17, 15) is 14.7 Å². The van der Waals surface area contributed by atoms with Crippen LogP contribution in [-0.4, -0.2) is 67.0 Å². The Balaban J connectivity index is 1.81. The predicted octanol–water partition coefficient (Wildman–Crippen LogP) is 3.00. The summed E-state index contributed by atoms with van der Waals surface area (Å²) in [6.45, 7) is 3.91. The van der Waals surface area contributed by atoms with E-state index in [1.54, 1.807) is 23.1 Å². The number of hydrogen-bond donors (Lipinski definition) is 1. The topological polar surface area (TPSA) is 79.3 Å². The average Bonchev–Trinajstić information content (AvgIpc) is 3.06. The molecule has 2 aromatic carbocycles. The first-order valence-electron chi connectivity index (χ1n) is 10.8. The lowest BCUT2D eigenvalue weighted by atomic mass is 9.94. The lowest BCUT2D eigenvalue weighted by Gasteiger charge is -2.27. The van der Waals surface area contributed by atoms with Crippen LogP contribution in [0.4, 0.5) is 0 Å². The summed E-state index contributed by atoms with van der Waals surface area (Å²) in [4.78, 5) is 29.6. The summed E-state index contributed by atoms with van der Waals surface area (Å²) < 4.78 is 11.2. The van der Waals surface area contributed by atoms with E-state index >= 15 is 0 Å². The summed E-state index contributed by atoms with van der Waals surface area (Å²) in [6.07, 6.45) is 0.887. The standard InChI is InChI=1S/C25H28N2O5/c1-4-16-5-7-17(8-6-16)22-21(24(29)25(30)27(22)12-11-26(2)3)23(28)18-9-10-19-20(15-18)32-14-13-31-19/h5-10,15,22,28H,4,11-14H2,1-3H3/b23-21-. The molecule has 2 aliphatic rings. The predicted molar refractivity (Wildman–Crippen MR) is 121 cm³/mol. The van der Waals surface area contributed by atoms with Gasteiger partial charge < -0.3 is 24.4 Å². The monoisotopic (exact) mass is 436 g/mol. The SMILES string of the molecule is CCc1ccc(C2/C(=C(/O)c3ccc4c(c3)OCCO4)C(=O)C(=O)N2CCN(C)C)cc1. The minimum Gasteiger partial charge on any atom is -0.507 e. The molecule has 0 radical (unpaired) electrons. The minimum atomic E-state index is -0.680. The molecule has 0 spiro atoms. The molecule has 0 saturated carbocycles. The van der Waals surface area contributed by atoms with Crippen molar-refractivity contribution in [1.29, 1.82) is 0 Å². The molecule has 1 atom stereocenters. The Hall–Kier alpha value is -3.32. The third-order valence-electron chi connectivity index (χ3n) is 5.85. The second-order valence-corrected chi connectivity index (χ2v) is 8.25. The fraction of sp³-hybridized carbons (Fsp3) is 0.360. The molecule has 1 saturated heterocycles. The van der Waals surface area contributed by atoms with Gasteiger partial charge in [-0.05, 0) is 49.8 Å². The van der Waals surface area contributed by atoms with Crippen LogP contribution in [0.2, 0.25) is 0 Å². The highest BCUT2D eigenvalue weighted by Gasteiger charge is 2.45. The zero-order valence-electron chi connectivity index (χ0n) is 18.6. The number of ether oxygens (including phenoxy) is 2. The molecule has 0 bridgehead atoms. The first-order chi connectivity index (χ1) is 15.4. The fourth-order valence-corrected chi connectivity index (χ4v) is 4.05. The Bertz CT molecular complexity index is 1060. The fourth-order valence-electron chi connectivity index (χ4n) is 4.05. The molecule has 168 valence electrons. The van der Waals surface area contributed by atoms with Gasteiger partial charge in [-0.15, -0.1) is 0 Å². The average molecular weight is 437 g/mol. The van der Waals surface area contributed by atoms with Crippen molar-refractivity contribution in [2.75, 3.05) is 40.4 Å². The second kappa shape index (κ2) is 9.04. The molecule has 2 aromatic rings. The highest BCUT2D eigenvalue weighted by atomic mass is 16.6. The normalized spacial score (nSPS) is 19.6. The number of aliphatic hydroxyl groups is 1. The van der Waals surface area contributed by atoms with Crippen molar-refractivity contribution < 1.29 is 24.2 Å². The lowest BCUT2D eigenvalue weighted by Crippen LogP contribution is -2.35. The number of rotatable bonds is 6. The number of likely N-dealkylation sites (N-methyl/N-ethyl adjacent to an activating group) is 1. The first kappa shape index (κ1) is 21.9. The quantitative estimate of drug-likeness (QED) is 0.426. The highest BCUT2D eigenvalue weighted by Crippen LogP contribution is 2.41. The number of aliphatic hydroxyl groups excluding tert-OH is 1. The van der Waals surface area contributed by atoms with Crippen LogP contribution >= 0.6 is 0 Å². The highest BCUT2D eigenvalue weighted by molar-refractivity contribution is 6.46. The summed E-state index contributed by atoms with van der Waals surface area (Å²) in [5, 5.41) is 11.2. The van der Waals surface area contributed by atoms with Crippen molar-refractivity contribution >= 4 is 17.4 Å². The molecule has 1 amide bonds. The number of nitrogens with zero attached hydrogens (tertiary/aromatic N) is 2. The van der Waals surface area contributed by atoms with Crippen LogP contribution in [0.1, 0.15) is 29.7 Å². The second-order valence-electron chi connectivity index (χ2n) is 8.25. The molecular formula is C25H28N2O5. The summed E-state index contributed by atoms with van der Waals surface area (Å²) in [6, 6.07) is 12.2. The number of ketones is 1. The largest absolute Gasteiger partial charge is 0.507 e. The van der Waals surface area contributed by atoms with Crippen LogP contribution < -0.4 is 9.47 Å². The summed E-state index contributed by atoms with van der Waals surface area (Å²) >= 11 is 0. The van der Waals surface area contributed by atoms with Crippen molar-refractivity contribution in [3.8, 4) is 11.5 Å². The van der Waals surface area contributed by atoms with Gasteiger partial charge in [-0.1, -0.05) is 31.2 Å². The van der Waals surface area contributed by atoms with E-state index < -0.39 is 17.7 Å². The first-order valence-corrected chi connectivity index (χ1v) is 10.8. The van der Waals surface area contributed by atoms with Crippen molar-refractivity contribution in [2.45, 2.75) is 19.4 Å². The van der Waals surface area contributed by atoms with Crippen LogP contribution in [0, 0.1) is 0 Å². The molecular weight excluding hydrogens is 408 g/mol. The number of carbonyl (C=O) groups excluding carboxylic acids is 2. The van der Waals surface area contributed by atoms with Gasteiger partial charge in [-0.25, -0.2) is 0 Å². The zero-order chi connectivity index (χ0) is 22.8. The van der Waals surface area contributed by atoms with Gasteiger partial charge in [0.2, 0.25) is 0 Å². The van der Waals surface area contributed by atoms with Crippen molar-refractivity contribution in [2.24, 2.45) is 0 Å². The number of carbonyl (C=O) groups is 2. The van der Waals surface area contributed by atoms with Gasteiger partial charge >= 0.3 is 0 Å². The van der Waals surface area contributed by atoms with E-state index in [4.69, 9.17) is 9.47 Å². The molecule has 7 heteroatoms. The van der Waals surface area contributed by atoms with E-state index in [0.29, 0.717) is 43.4 Å². The Labute approximate surface area is 187 Å². The number of amides is 1. The number of hydrogen-bond acceptors (Lipinski definition) is 6. The smallest absolute Gasteiger partial charge is 0.295 e. The summed E-state index contributed by atoms with van der Waals surface area (Å²) in [7, 11) is 3.83. The van der Waals surface area contributed by atoms with Crippen LogP contribution in [0.3, 0.4) is 0 Å². The number of benzene rings is 2. The molecule has 7 nitrogen and oxygen atoms in total. The van der Waals surface area contributed by atoms with E-state index in [1.807, 2.05) is 43.3 Å². The third-order valence-corrected chi connectivity index (χ3v) is 5.85. The Morgan fingerprint density at radius 1 is 1.06 bits per heavy atom. The van der Waals surface area contributed by atoms with Gasteiger partial charge in [0.1, 0.15) is 19.0 Å². The number of fused-ring (bicyclic) bond motifs is 1. The molecule has 0 aromatic heterocycles. The molecule has 2 heterocycles. The van der Waals surface area contributed by atoms with Gasteiger partial charge in [-0.3, -0.25) is 9.59 Å². The van der Waals surface area contributed by atoms with E-state index in [1.165, 1.54) is 0 Å². The number of Topliss-reactive ketones (excluding diaryl/α,β-unsaturated/α-hetero) is 1. The molecule has 4 rings (SSSR count). The number of aryl methyl sites for hydroxylation is 1. The zero-order valence-corrected chi connectivity index (χ0v) is 18.6. The Kier molecular flexibility index (Phi) is 6.19. The molecule has 32 heavy (non-hydrogen) atoms. The Morgan fingerprint density at radius 3 is 2.41 bits per heavy atom. The molecule has 1 unspecified atom stereocenters. The van der Waals surface area contributed by atoms with Crippen LogP contribution in [0.25, 0.3) is 5.76 Å². The third kappa shape index (κ3) is 4.08. The molecule has 0 aliphatic carbocycles. The van der Waals surface area contributed by atoms with E-state index in [-0.39, 0.29) is 11.3 Å². The summed E-state index contributed by atoms with van der Waals surface area (Å²) in [5.41, 5.74) is 2.45. The van der Waals surface area contributed by atoms with Gasteiger partial charge in [0.05, 0.1) is 11.6 Å². The van der Waals surface area contributed by atoms with Gasteiger partial charge in [0, 0.05) is 18.7 Å². The van der Waals surface area contributed by atoms with Crippen LogP contribution in [0.15, 0.2) is 48.0 Å². The maximum absolute atomic E-state index is 13.1. The van der Waals surface area contributed by atoms with Crippen molar-refractivity contribution in [3.05, 3.63) is 64.7 Å². The minimum absolute atomic E-state index is 0.0923. The van der Waals surface area contributed by atoms with E-state index in [0.717, 1.165) is 17.5 Å². The number of likely N-dealkylation sites (tertiary alicyclic amines) is 1. The van der Waals surface area contributed by atoms with E-state index in [2.05, 4.69) is 6.92 Å². The van der Waals surface area contributed by atoms with Crippen LogP contribution in [-0.2, 0) is 16.0 Å². The summed E-state index contributed by atoms with van der Waals surface area (Å²) in [5.74, 6) is -0.398. The maximum Gasteiger partial charge on any atom is 0.295 e. The van der Waals surface area contributed by atoms with Crippen LogP contribution in [0.5, 0.6) is 11.5 Å². The molecule has 1 N–H and O–H groups in total. The van der Waals surface area contributed by atoms with Crippen molar-refractivity contribution in [3.63, 3.8) is 0 Å². The molecule has 2 aliphatic heterocycles. The van der Waals surface area contributed by atoms with Gasteiger partial charge in [0.15, 0.2) is 11.5 Å².